The number of Topliss-reactive ketones (excluding diaryl/α,β-unsaturated/α-hetero) is 1. The molecule has 2 rings (SSSR count). The van der Waals surface area contributed by atoms with Crippen LogP contribution in [0.2, 0.25) is 0 Å². The number of hydrogen-bond acceptors (Lipinski definition) is 4. The second-order valence-electron chi connectivity index (χ2n) is 8.13. The molecule has 0 aromatic heterocycles. The van der Waals surface area contributed by atoms with Crippen LogP contribution in [0.5, 0.6) is 5.75 Å². The van der Waals surface area contributed by atoms with Crippen molar-refractivity contribution in [3.05, 3.63) is 54.1 Å². The SMILES string of the molecule is C/C=C\CCCC(=O)OC(C)C.O=C1CC[C@H](/C=C/CCOc2cccc(C(F)(F)F)c2)C1. The van der Waals surface area contributed by atoms with E-state index in [1.54, 1.807) is 0 Å². The average molecular weight is 469 g/mol. The number of benzene rings is 1. The van der Waals surface area contributed by atoms with E-state index in [0.717, 1.165) is 31.4 Å². The van der Waals surface area contributed by atoms with E-state index in [1.165, 1.54) is 12.1 Å². The van der Waals surface area contributed by atoms with E-state index in [4.69, 9.17) is 9.47 Å². The highest BCUT2D eigenvalue weighted by Crippen LogP contribution is 2.31. The molecule has 33 heavy (non-hydrogen) atoms. The highest BCUT2D eigenvalue weighted by molar-refractivity contribution is 5.80. The second-order valence-corrected chi connectivity index (χ2v) is 8.13. The highest BCUT2D eigenvalue weighted by Gasteiger charge is 2.30. The van der Waals surface area contributed by atoms with Crippen LogP contribution in [0.1, 0.15) is 71.3 Å². The molecule has 1 fully saturated rings. The minimum absolute atomic E-state index is 0.0132. The van der Waals surface area contributed by atoms with Crippen LogP contribution in [0, 0.1) is 5.92 Å². The van der Waals surface area contributed by atoms with Gasteiger partial charge >= 0.3 is 12.1 Å². The van der Waals surface area contributed by atoms with E-state index in [0.29, 0.717) is 44.0 Å². The molecule has 4 nitrogen and oxygen atoms in total. The number of unbranched alkanes of at least 4 members (excludes halogenated alkanes) is 1. The van der Waals surface area contributed by atoms with Crippen LogP contribution in [0.15, 0.2) is 48.6 Å². The van der Waals surface area contributed by atoms with Crippen LogP contribution in [-0.2, 0) is 20.5 Å². The third-order valence-corrected chi connectivity index (χ3v) is 4.76. The van der Waals surface area contributed by atoms with E-state index < -0.39 is 11.7 Å². The molecule has 0 N–H and O–H groups in total. The van der Waals surface area contributed by atoms with Crippen molar-refractivity contribution in [2.75, 3.05) is 6.61 Å². The predicted molar refractivity (Wildman–Crippen MR) is 123 cm³/mol. The smallest absolute Gasteiger partial charge is 0.416 e. The van der Waals surface area contributed by atoms with Crippen molar-refractivity contribution in [3.63, 3.8) is 0 Å². The summed E-state index contributed by atoms with van der Waals surface area (Å²) in [6.07, 6.45) is 8.77. The first-order valence-corrected chi connectivity index (χ1v) is 11.4. The monoisotopic (exact) mass is 468 g/mol. The number of esters is 1. The molecular weight excluding hydrogens is 433 g/mol. The van der Waals surface area contributed by atoms with Gasteiger partial charge in [-0.3, -0.25) is 9.59 Å². The van der Waals surface area contributed by atoms with Gasteiger partial charge in [-0.25, -0.2) is 0 Å². The number of ketones is 1. The Hall–Kier alpha value is -2.57. The van der Waals surface area contributed by atoms with Gasteiger partial charge in [-0.2, -0.15) is 13.2 Å². The maximum atomic E-state index is 12.5. The fraction of sp³-hybridized carbons (Fsp3) is 0.538. The molecule has 1 aromatic carbocycles. The number of ether oxygens (including phenoxy) is 2. The Bertz CT molecular complexity index is 782. The van der Waals surface area contributed by atoms with Crippen molar-refractivity contribution in [2.24, 2.45) is 5.92 Å². The predicted octanol–water partition coefficient (Wildman–Crippen LogP) is 7.08. The number of rotatable bonds is 10. The first-order valence-electron chi connectivity index (χ1n) is 11.4. The van der Waals surface area contributed by atoms with Crippen LogP contribution < -0.4 is 4.74 Å². The summed E-state index contributed by atoms with van der Waals surface area (Å²) in [6.45, 7) is 6.03. The van der Waals surface area contributed by atoms with Crippen LogP contribution in [0.3, 0.4) is 0 Å². The first-order chi connectivity index (χ1) is 15.6. The van der Waals surface area contributed by atoms with Crippen molar-refractivity contribution in [2.45, 2.75) is 78.0 Å². The number of alkyl halides is 3. The Morgan fingerprint density at radius 3 is 2.58 bits per heavy atom. The summed E-state index contributed by atoms with van der Waals surface area (Å²) in [5.41, 5.74) is -0.708. The van der Waals surface area contributed by atoms with Gasteiger partial charge in [0.15, 0.2) is 0 Å². The lowest BCUT2D eigenvalue weighted by Gasteiger charge is -2.09. The molecule has 0 aliphatic heterocycles. The minimum Gasteiger partial charge on any atom is -0.493 e. The van der Waals surface area contributed by atoms with E-state index >= 15 is 0 Å². The molecule has 0 heterocycles. The largest absolute Gasteiger partial charge is 0.493 e. The molecule has 1 aromatic rings. The summed E-state index contributed by atoms with van der Waals surface area (Å²) in [6, 6.07) is 4.86. The molecule has 7 heteroatoms. The molecule has 184 valence electrons. The van der Waals surface area contributed by atoms with Gasteiger partial charge in [0.05, 0.1) is 18.3 Å². The number of carbonyl (C=O) groups is 2. The Morgan fingerprint density at radius 1 is 1.21 bits per heavy atom. The molecule has 0 spiro atoms. The van der Waals surface area contributed by atoms with Crippen molar-refractivity contribution in [1.29, 1.82) is 0 Å². The zero-order valence-corrected chi connectivity index (χ0v) is 19.7. The summed E-state index contributed by atoms with van der Waals surface area (Å²) < 4.78 is 47.8. The van der Waals surface area contributed by atoms with Crippen molar-refractivity contribution >= 4 is 11.8 Å². The van der Waals surface area contributed by atoms with Crippen LogP contribution in [0.4, 0.5) is 13.2 Å². The lowest BCUT2D eigenvalue weighted by Crippen LogP contribution is -2.10. The highest BCUT2D eigenvalue weighted by atomic mass is 19.4. The fourth-order valence-electron chi connectivity index (χ4n) is 3.16. The van der Waals surface area contributed by atoms with E-state index in [2.05, 4.69) is 6.08 Å². The van der Waals surface area contributed by atoms with Crippen molar-refractivity contribution < 1.29 is 32.2 Å². The first kappa shape index (κ1) is 28.5. The van der Waals surface area contributed by atoms with Crippen molar-refractivity contribution in [1.82, 2.24) is 0 Å². The van der Waals surface area contributed by atoms with Crippen LogP contribution >= 0.6 is 0 Å². The third kappa shape index (κ3) is 13.5. The molecule has 1 atom stereocenters. The number of allylic oxidation sites excluding steroid dienone is 3. The molecule has 0 bridgehead atoms. The van der Waals surface area contributed by atoms with Gasteiger partial charge in [0.25, 0.3) is 0 Å². The van der Waals surface area contributed by atoms with Gasteiger partial charge in [0.2, 0.25) is 0 Å². The lowest BCUT2D eigenvalue weighted by atomic mass is 10.1. The quantitative estimate of drug-likeness (QED) is 0.209. The molecule has 0 unspecified atom stereocenters. The second kappa shape index (κ2) is 15.3. The summed E-state index contributed by atoms with van der Waals surface area (Å²) in [5.74, 6) is 0.736. The summed E-state index contributed by atoms with van der Waals surface area (Å²) in [7, 11) is 0. The van der Waals surface area contributed by atoms with Gasteiger partial charge in [-0.15, -0.1) is 0 Å². The summed E-state index contributed by atoms with van der Waals surface area (Å²) >= 11 is 0. The zero-order valence-electron chi connectivity index (χ0n) is 19.7. The maximum absolute atomic E-state index is 12.5. The van der Waals surface area contributed by atoms with Gasteiger partial charge < -0.3 is 9.47 Å². The number of carbonyl (C=O) groups excluding carboxylic acids is 2. The number of halogens is 3. The topological polar surface area (TPSA) is 52.6 Å². The molecular formula is C26H35F3O4. The Kier molecular flexibility index (Phi) is 13.2. The van der Waals surface area contributed by atoms with Gasteiger partial charge in [-0.1, -0.05) is 30.4 Å². The Labute approximate surface area is 194 Å². The average Bonchev–Trinajstić information content (AvgIpc) is 3.15. The molecule has 0 saturated heterocycles. The zero-order chi connectivity index (χ0) is 24.7. The molecule has 1 saturated carbocycles. The molecule has 0 radical (unpaired) electrons. The third-order valence-electron chi connectivity index (χ3n) is 4.76. The fourth-order valence-corrected chi connectivity index (χ4v) is 3.16. The Morgan fingerprint density at radius 2 is 1.97 bits per heavy atom. The van der Waals surface area contributed by atoms with E-state index in [-0.39, 0.29) is 17.8 Å². The van der Waals surface area contributed by atoms with E-state index in [1.807, 2.05) is 39.0 Å². The molecule has 1 aliphatic carbocycles. The Balaban J connectivity index is 0.000000389. The molecule has 0 amide bonds. The summed E-state index contributed by atoms with van der Waals surface area (Å²) in [4.78, 5) is 22.1. The normalized spacial score (nSPS) is 16.3. The van der Waals surface area contributed by atoms with Crippen molar-refractivity contribution in [3.8, 4) is 5.75 Å². The number of hydrogen-bond donors (Lipinski definition) is 0. The van der Waals surface area contributed by atoms with E-state index in [9.17, 15) is 22.8 Å². The summed E-state index contributed by atoms with van der Waals surface area (Å²) in [5, 5.41) is 0. The minimum atomic E-state index is -4.35. The van der Waals surface area contributed by atoms with Gasteiger partial charge in [0, 0.05) is 19.3 Å². The van der Waals surface area contributed by atoms with Crippen LogP contribution in [0.25, 0.3) is 0 Å². The molecule has 1 aliphatic rings. The van der Waals surface area contributed by atoms with Gasteiger partial charge in [0.1, 0.15) is 11.5 Å². The standard InChI is InChI=1S/C16H17F3O2.C10H18O2/c17-16(18,19)13-5-3-6-15(11-13)21-9-2-1-4-12-7-8-14(20)10-12;1-4-5-6-7-8-10(11)12-9(2)3/h1,3-6,11-12H,2,7-10H2;4-5,9H,6-8H2,1-3H3/b4-1+;5-4-/t12-;/m0./s1. The van der Waals surface area contributed by atoms with Crippen LogP contribution in [-0.4, -0.2) is 24.5 Å². The maximum Gasteiger partial charge on any atom is 0.416 e. The van der Waals surface area contributed by atoms with Gasteiger partial charge in [-0.05, 0) is 70.6 Å². The lowest BCUT2D eigenvalue weighted by molar-refractivity contribution is -0.147.